The van der Waals surface area contributed by atoms with E-state index in [1.54, 1.807) is 10.9 Å². The van der Waals surface area contributed by atoms with Crippen molar-refractivity contribution in [2.45, 2.75) is 18.4 Å². The molecule has 2 heterocycles. The molecular weight excluding hydrogens is 262 g/mol. The number of aryl methyl sites for hydroxylation is 1. The summed E-state index contributed by atoms with van der Waals surface area (Å²) in [5, 5.41) is 4.79. The van der Waals surface area contributed by atoms with Crippen LogP contribution in [-0.2, 0) is 7.05 Å². The van der Waals surface area contributed by atoms with E-state index in [2.05, 4.69) is 11.2 Å². The second kappa shape index (κ2) is 4.87. The standard InChI is InChI=1S/C14H16ClN3O/c1-18-14(11(15)8-17-18)13(16)10-6-7-19-12-5-3-2-4-9(10)12/h2-5,8,10,13H,6-7,16H2,1H3. The highest BCUT2D eigenvalue weighted by atomic mass is 35.5. The van der Waals surface area contributed by atoms with E-state index < -0.39 is 0 Å². The van der Waals surface area contributed by atoms with Gasteiger partial charge in [0.1, 0.15) is 5.75 Å². The third-order valence-corrected chi connectivity index (χ3v) is 3.98. The van der Waals surface area contributed by atoms with Crippen LogP contribution in [0.25, 0.3) is 0 Å². The molecule has 0 saturated carbocycles. The Morgan fingerprint density at radius 2 is 2.26 bits per heavy atom. The first-order valence-electron chi connectivity index (χ1n) is 6.33. The Balaban J connectivity index is 2.00. The Labute approximate surface area is 117 Å². The summed E-state index contributed by atoms with van der Waals surface area (Å²) >= 11 is 6.19. The lowest BCUT2D eigenvalue weighted by molar-refractivity contribution is 0.254. The Kier molecular flexibility index (Phi) is 3.21. The summed E-state index contributed by atoms with van der Waals surface area (Å²) in [5.41, 5.74) is 8.46. The van der Waals surface area contributed by atoms with Crippen LogP contribution in [0.5, 0.6) is 5.75 Å². The van der Waals surface area contributed by atoms with Crippen LogP contribution in [0.15, 0.2) is 30.5 Å². The fourth-order valence-electron chi connectivity index (χ4n) is 2.73. The van der Waals surface area contributed by atoms with Crippen LogP contribution in [0.1, 0.15) is 29.6 Å². The number of ether oxygens (including phenoxy) is 1. The fraction of sp³-hybridized carbons (Fsp3) is 0.357. The van der Waals surface area contributed by atoms with Crippen molar-refractivity contribution >= 4 is 11.6 Å². The Morgan fingerprint density at radius 3 is 3.00 bits per heavy atom. The number of nitrogens with zero attached hydrogens (tertiary/aromatic N) is 2. The molecular formula is C14H16ClN3O. The topological polar surface area (TPSA) is 53.1 Å². The molecule has 1 aromatic carbocycles. The number of para-hydroxylation sites is 1. The minimum absolute atomic E-state index is 0.176. The van der Waals surface area contributed by atoms with Crippen molar-refractivity contribution in [1.29, 1.82) is 0 Å². The van der Waals surface area contributed by atoms with Gasteiger partial charge >= 0.3 is 0 Å². The van der Waals surface area contributed by atoms with Crippen LogP contribution in [0, 0.1) is 0 Å². The van der Waals surface area contributed by atoms with Gasteiger partial charge in [0, 0.05) is 13.0 Å². The molecule has 0 amide bonds. The lowest BCUT2D eigenvalue weighted by Crippen LogP contribution is -2.27. The average molecular weight is 278 g/mol. The van der Waals surface area contributed by atoms with Gasteiger partial charge in [0.25, 0.3) is 0 Å². The van der Waals surface area contributed by atoms with E-state index in [9.17, 15) is 0 Å². The molecule has 2 N–H and O–H groups in total. The zero-order valence-corrected chi connectivity index (χ0v) is 11.5. The van der Waals surface area contributed by atoms with Gasteiger partial charge in [0.2, 0.25) is 0 Å². The summed E-state index contributed by atoms with van der Waals surface area (Å²) in [6.07, 6.45) is 2.53. The minimum Gasteiger partial charge on any atom is -0.493 e. The largest absolute Gasteiger partial charge is 0.493 e. The van der Waals surface area contributed by atoms with Crippen molar-refractivity contribution in [2.75, 3.05) is 6.61 Å². The Hall–Kier alpha value is -1.52. The first-order chi connectivity index (χ1) is 9.18. The maximum atomic E-state index is 6.43. The summed E-state index contributed by atoms with van der Waals surface area (Å²) in [4.78, 5) is 0. The molecule has 1 aromatic heterocycles. The number of benzene rings is 1. The number of hydrogen-bond acceptors (Lipinski definition) is 3. The van der Waals surface area contributed by atoms with Gasteiger partial charge in [-0.15, -0.1) is 0 Å². The zero-order chi connectivity index (χ0) is 13.4. The smallest absolute Gasteiger partial charge is 0.122 e. The van der Waals surface area contributed by atoms with E-state index >= 15 is 0 Å². The highest BCUT2D eigenvalue weighted by Gasteiger charge is 2.30. The van der Waals surface area contributed by atoms with Gasteiger partial charge in [-0.2, -0.15) is 5.10 Å². The van der Waals surface area contributed by atoms with Gasteiger partial charge in [-0.1, -0.05) is 29.8 Å². The molecule has 0 aliphatic carbocycles. The molecule has 5 heteroatoms. The molecule has 1 aliphatic heterocycles. The summed E-state index contributed by atoms with van der Waals surface area (Å²) in [6.45, 7) is 0.685. The van der Waals surface area contributed by atoms with E-state index in [0.717, 1.165) is 23.4 Å². The van der Waals surface area contributed by atoms with E-state index in [1.165, 1.54) is 0 Å². The monoisotopic (exact) mass is 277 g/mol. The third kappa shape index (κ3) is 2.11. The number of hydrogen-bond donors (Lipinski definition) is 1. The van der Waals surface area contributed by atoms with E-state index in [0.29, 0.717) is 11.6 Å². The van der Waals surface area contributed by atoms with Gasteiger partial charge in [0.15, 0.2) is 0 Å². The van der Waals surface area contributed by atoms with Crippen molar-refractivity contribution in [3.05, 3.63) is 46.7 Å². The predicted molar refractivity (Wildman–Crippen MR) is 74.4 cm³/mol. The molecule has 1 aliphatic rings. The van der Waals surface area contributed by atoms with Gasteiger partial charge in [-0.25, -0.2) is 0 Å². The molecule has 2 aromatic rings. The predicted octanol–water partition coefficient (Wildman–Crippen LogP) is 2.64. The normalized spacial score (nSPS) is 19.6. The van der Waals surface area contributed by atoms with Crippen molar-refractivity contribution in [1.82, 2.24) is 9.78 Å². The van der Waals surface area contributed by atoms with Crippen LogP contribution in [0.3, 0.4) is 0 Å². The maximum absolute atomic E-state index is 6.43. The summed E-state index contributed by atoms with van der Waals surface area (Å²) in [5.74, 6) is 1.13. The van der Waals surface area contributed by atoms with Crippen molar-refractivity contribution in [3.8, 4) is 5.75 Å². The Morgan fingerprint density at radius 1 is 1.47 bits per heavy atom. The van der Waals surface area contributed by atoms with Crippen molar-refractivity contribution < 1.29 is 4.74 Å². The van der Waals surface area contributed by atoms with Crippen LogP contribution in [0.4, 0.5) is 0 Å². The van der Waals surface area contributed by atoms with Gasteiger partial charge in [-0.3, -0.25) is 4.68 Å². The molecule has 2 atom stereocenters. The first kappa shape index (κ1) is 12.5. The second-order valence-corrected chi connectivity index (χ2v) is 5.22. The van der Waals surface area contributed by atoms with Gasteiger partial charge < -0.3 is 10.5 Å². The van der Waals surface area contributed by atoms with Crippen LogP contribution in [-0.4, -0.2) is 16.4 Å². The summed E-state index contributed by atoms with van der Waals surface area (Å²) < 4.78 is 7.43. The number of aromatic nitrogens is 2. The van der Waals surface area contributed by atoms with E-state index in [-0.39, 0.29) is 12.0 Å². The minimum atomic E-state index is -0.176. The lowest BCUT2D eigenvalue weighted by atomic mass is 9.85. The van der Waals surface area contributed by atoms with Crippen LogP contribution < -0.4 is 10.5 Å². The lowest BCUT2D eigenvalue weighted by Gasteiger charge is -2.30. The molecule has 0 fully saturated rings. The maximum Gasteiger partial charge on any atom is 0.122 e. The number of halogens is 1. The fourth-order valence-corrected chi connectivity index (χ4v) is 3.02. The van der Waals surface area contributed by atoms with Crippen LogP contribution >= 0.6 is 11.6 Å². The molecule has 4 nitrogen and oxygen atoms in total. The summed E-state index contributed by atoms with van der Waals surface area (Å²) in [6, 6.07) is 7.87. The Bertz CT molecular complexity index is 577. The SMILES string of the molecule is Cn1ncc(Cl)c1C(N)C1CCOc2ccccc21. The molecule has 3 rings (SSSR count). The molecule has 0 saturated heterocycles. The van der Waals surface area contributed by atoms with Gasteiger partial charge in [-0.05, 0) is 18.1 Å². The number of fused-ring (bicyclic) bond motifs is 1. The summed E-state index contributed by atoms with van der Waals surface area (Å²) in [7, 11) is 1.87. The van der Waals surface area contributed by atoms with Crippen molar-refractivity contribution in [3.63, 3.8) is 0 Å². The first-order valence-corrected chi connectivity index (χ1v) is 6.71. The highest BCUT2D eigenvalue weighted by molar-refractivity contribution is 6.31. The van der Waals surface area contributed by atoms with E-state index in [4.69, 9.17) is 22.1 Å². The number of nitrogens with two attached hydrogens (primary N) is 1. The highest BCUT2D eigenvalue weighted by Crippen LogP contribution is 2.41. The van der Waals surface area contributed by atoms with Crippen LogP contribution in [0.2, 0.25) is 5.02 Å². The molecule has 2 unspecified atom stereocenters. The molecule has 0 spiro atoms. The van der Waals surface area contributed by atoms with Crippen molar-refractivity contribution in [2.24, 2.45) is 12.8 Å². The molecule has 19 heavy (non-hydrogen) atoms. The zero-order valence-electron chi connectivity index (χ0n) is 10.7. The quantitative estimate of drug-likeness (QED) is 0.918. The molecule has 100 valence electrons. The molecule has 0 bridgehead atoms. The van der Waals surface area contributed by atoms with E-state index in [1.807, 2.05) is 25.2 Å². The average Bonchev–Trinajstić information content (AvgIpc) is 2.77. The van der Waals surface area contributed by atoms with Gasteiger partial charge in [0.05, 0.1) is 29.6 Å². The third-order valence-electron chi connectivity index (χ3n) is 3.69. The molecule has 0 radical (unpaired) electrons. The number of rotatable bonds is 2. The second-order valence-electron chi connectivity index (χ2n) is 4.81.